The van der Waals surface area contributed by atoms with E-state index >= 15 is 0 Å². The Labute approximate surface area is 148 Å². The summed E-state index contributed by atoms with van der Waals surface area (Å²) in [6, 6.07) is 19.1. The van der Waals surface area contributed by atoms with E-state index in [1.165, 1.54) is 24.0 Å². The van der Waals surface area contributed by atoms with Gasteiger partial charge in [-0.05, 0) is 54.7 Å². The van der Waals surface area contributed by atoms with Crippen molar-refractivity contribution < 1.29 is 0 Å². The van der Waals surface area contributed by atoms with Crippen molar-refractivity contribution in [1.82, 2.24) is 14.8 Å². The molecule has 0 saturated heterocycles. The highest BCUT2D eigenvalue weighted by Gasteiger charge is 2.08. The molecule has 0 spiro atoms. The second-order valence-corrected chi connectivity index (χ2v) is 6.42. The average Bonchev–Trinajstić information content (AvgIpc) is 3.00. The van der Waals surface area contributed by atoms with Gasteiger partial charge in [-0.2, -0.15) is 5.10 Å². The Balaban J connectivity index is 1.78. The quantitative estimate of drug-likeness (QED) is 0.612. The third-order valence-electron chi connectivity index (χ3n) is 4.24. The maximum atomic E-state index is 5.43. The zero-order chi connectivity index (χ0) is 16.8. The van der Waals surface area contributed by atoms with Gasteiger partial charge in [-0.3, -0.25) is 9.67 Å². The number of nitrogens with one attached hydrogen (secondary N) is 1. The minimum atomic E-state index is 0.652. The van der Waals surface area contributed by atoms with Crippen LogP contribution in [0.15, 0.2) is 54.6 Å². The van der Waals surface area contributed by atoms with E-state index in [0.717, 1.165) is 30.8 Å². The number of rotatable bonds is 7. The number of aromatic nitrogens is 3. The molecular weight excluding hydrogens is 314 g/mol. The number of unbranched alkanes of at least 4 members (excludes halogenated alkanes) is 1. The number of hydrogen-bond donors (Lipinski definition) is 1. The van der Waals surface area contributed by atoms with Gasteiger partial charge in [0.15, 0.2) is 4.77 Å². The van der Waals surface area contributed by atoms with Gasteiger partial charge < -0.3 is 0 Å². The summed E-state index contributed by atoms with van der Waals surface area (Å²) >= 11 is 5.43. The molecule has 1 heterocycles. The van der Waals surface area contributed by atoms with Crippen molar-refractivity contribution in [2.45, 2.75) is 39.0 Å². The largest absolute Gasteiger partial charge is 0.272 e. The van der Waals surface area contributed by atoms with Crippen LogP contribution >= 0.6 is 12.2 Å². The Morgan fingerprint density at radius 2 is 1.62 bits per heavy atom. The van der Waals surface area contributed by atoms with E-state index in [4.69, 9.17) is 12.2 Å². The first-order chi connectivity index (χ1) is 11.8. The van der Waals surface area contributed by atoms with Gasteiger partial charge in [-0.15, -0.1) is 0 Å². The molecule has 0 amide bonds. The molecule has 2 aromatic carbocycles. The highest BCUT2D eigenvalue weighted by atomic mass is 32.1. The van der Waals surface area contributed by atoms with Gasteiger partial charge in [0.1, 0.15) is 5.82 Å². The highest BCUT2D eigenvalue weighted by Crippen LogP contribution is 2.15. The van der Waals surface area contributed by atoms with E-state index in [1.807, 2.05) is 10.6 Å². The topological polar surface area (TPSA) is 33.6 Å². The fourth-order valence-corrected chi connectivity index (χ4v) is 3.11. The summed E-state index contributed by atoms with van der Waals surface area (Å²) in [7, 11) is 0. The van der Waals surface area contributed by atoms with Gasteiger partial charge in [0.25, 0.3) is 0 Å². The minimum absolute atomic E-state index is 0.652. The fraction of sp³-hybridized carbons (Fsp3) is 0.300. The van der Waals surface area contributed by atoms with Crippen LogP contribution in [-0.2, 0) is 19.3 Å². The lowest BCUT2D eigenvalue weighted by Crippen LogP contribution is -2.03. The molecule has 0 aliphatic heterocycles. The van der Waals surface area contributed by atoms with Crippen LogP contribution in [-0.4, -0.2) is 14.8 Å². The van der Waals surface area contributed by atoms with Crippen LogP contribution in [0.3, 0.4) is 0 Å². The summed E-state index contributed by atoms with van der Waals surface area (Å²) in [5, 5.41) is 7.36. The van der Waals surface area contributed by atoms with Crippen molar-refractivity contribution in [3.05, 3.63) is 76.3 Å². The number of H-pyrrole nitrogens is 1. The van der Waals surface area contributed by atoms with E-state index in [9.17, 15) is 0 Å². The predicted molar refractivity (Wildman–Crippen MR) is 101 cm³/mol. The molecule has 0 aliphatic carbocycles. The highest BCUT2D eigenvalue weighted by molar-refractivity contribution is 7.71. The second kappa shape index (κ2) is 8.06. The monoisotopic (exact) mass is 337 g/mol. The smallest absolute Gasteiger partial charge is 0.199 e. The summed E-state index contributed by atoms with van der Waals surface area (Å²) in [5.74, 6) is 0.977. The molecule has 3 rings (SSSR count). The first-order valence-electron chi connectivity index (χ1n) is 8.57. The van der Waals surface area contributed by atoms with Crippen molar-refractivity contribution in [3.63, 3.8) is 0 Å². The molecule has 0 aliphatic rings. The third kappa shape index (κ3) is 4.01. The Kier molecular flexibility index (Phi) is 5.59. The molecule has 1 N–H and O–H groups in total. The van der Waals surface area contributed by atoms with E-state index in [2.05, 4.69) is 65.7 Å². The van der Waals surface area contributed by atoms with Gasteiger partial charge >= 0.3 is 0 Å². The summed E-state index contributed by atoms with van der Waals surface area (Å²) in [6.45, 7) is 2.22. The summed E-state index contributed by atoms with van der Waals surface area (Å²) < 4.78 is 2.70. The average molecular weight is 337 g/mol. The molecule has 0 saturated carbocycles. The molecule has 0 atom stereocenters. The Bertz CT molecular complexity index is 816. The van der Waals surface area contributed by atoms with Crippen LogP contribution in [0.4, 0.5) is 0 Å². The number of hydrogen-bond acceptors (Lipinski definition) is 2. The Morgan fingerprint density at radius 1 is 0.917 bits per heavy atom. The van der Waals surface area contributed by atoms with Crippen LogP contribution in [0.25, 0.3) is 5.69 Å². The number of aryl methyl sites for hydroxylation is 3. The lowest BCUT2D eigenvalue weighted by Gasteiger charge is -2.08. The van der Waals surface area contributed by atoms with E-state index in [0.29, 0.717) is 4.77 Å². The zero-order valence-corrected chi connectivity index (χ0v) is 14.9. The van der Waals surface area contributed by atoms with Gasteiger partial charge in [0.05, 0.1) is 0 Å². The molecule has 0 fully saturated rings. The van der Waals surface area contributed by atoms with Crippen LogP contribution in [0.1, 0.15) is 36.7 Å². The molecule has 0 radical (unpaired) electrons. The first kappa shape index (κ1) is 16.7. The number of aromatic amines is 1. The van der Waals surface area contributed by atoms with Gasteiger partial charge in [-0.1, -0.05) is 55.8 Å². The number of nitrogens with zero attached hydrogens (tertiary/aromatic N) is 2. The lowest BCUT2D eigenvalue weighted by atomic mass is 10.1. The van der Waals surface area contributed by atoms with Crippen LogP contribution in [0, 0.1) is 4.77 Å². The molecule has 4 heteroatoms. The molecule has 24 heavy (non-hydrogen) atoms. The number of benzene rings is 2. The van der Waals surface area contributed by atoms with Crippen LogP contribution < -0.4 is 0 Å². The maximum absolute atomic E-state index is 5.43. The SMILES string of the molecule is CCCCc1ccc(-n2c(CCc3ccccc3)n[nH]c2=S)cc1. The van der Waals surface area contributed by atoms with Gasteiger partial charge in [0.2, 0.25) is 0 Å². The van der Waals surface area contributed by atoms with Crippen molar-refractivity contribution in [3.8, 4) is 5.69 Å². The molecule has 3 aromatic rings. The summed E-state index contributed by atoms with van der Waals surface area (Å²) in [4.78, 5) is 0. The first-order valence-corrected chi connectivity index (χ1v) is 8.98. The predicted octanol–water partition coefficient (Wildman–Crippen LogP) is 5.06. The fourth-order valence-electron chi connectivity index (χ4n) is 2.86. The van der Waals surface area contributed by atoms with Crippen LogP contribution in [0.2, 0.25) is 0 Å². The van der Waals surface area contributed by atoms with Crippen LogP contribution in [0.5, 0.6) is 0 Å². The van der Waals surface area contributed by atoms with Crippen molar-refractivity contribution in [2.75, 3.05) is 0 Å². The van der Waals surface area contributed by atoms with Crippen molar-refractivity contribution in [2.24, 2.45) is 0 Å². The molecule has 1 aromatic heterocycles. The molecule has 124 valence electrons. The third-order valence-corrected chi connectivity index (χ3v) is 4.51. The molecule has 0 bridgehead atoms. The summed E-state index contributed by atoms with van der Waals surface area (Å²) in [5.41, 5.74) is 3.77. The van der Waals surface area contributed by atoms with Crippen molar-refractivity contribution in [1.29, 1.82) is 0 Å². The lowest BCUT2D eigenvalue weighted by molar-refractivity contribution is 0.793. The summed E-state index contributed by atoms with van der Waals surface area (Å²) in [6.07, 6.45) is 5.39. The minimum Gasteiger partial charge on any atom is -0.272 e. The molecule has 3 nitrogen and oxygen atoms in total. The molecular formula is C20H23N3S. The van der Waals surface area contributed by atoms with E-state index in [1.54, 1.807) is 0 Å². The standard InChI is InChI=1S/C20H23N3S/c1-2-3-7-17-10-13-18(14-11-17)23-19(21-22-20(23)24)15-12-16-8-5-4-6-9-16/h4-6,8-11,13-14H,2-3,7,12,15H2,1H3,(H,22,24). The van der Waals surface area contributed by atoms with Gasteiger partial charge in [-0.25, -0.2) is 0 Å². The Hall–Kier alpha value is -2.20. The Morgan fingerprint density at radius 3 is 2.33 bits per heavy atom. The molecule has 0 unspecified atom stereocenters. The normalized spacial score (nSPS) is 10.9. The van der Waals surface area contributed by atoms with E-state index in [-0.39, 0.29) is 0 Å². The maximum Gasteiger partial charge on any atom is 0.199 e. The van der Waals surface area contributed by atoms with E-state index < -0.39 is 0 Å². The zero-order valence-electron chi connectivity index (χ0n) is 14.0. The van der Waals surface area contributed by atoms with Gasteiger partial charge in [0, 0.05) is 12.1 Å². The second-order valence-electron chi connectivity index (χ2n) is 6.04. The van der Waals surface area contributed by atoms with Crippen molar-refractivity contribution >= 4 is 12.2 Å².